The van der Waals surface area contributed by atoms with Crippen LogP contribution in [-0.2, 0) is 4.79 Å². The Morgan fingerprint density at radius 1 is 1.52 bits per heavy atom. The number of halogens is 1. The molecular formula is C14H18FN3O3. The minimum atomic E-state index is -0.681. The van der Waals surface area contributed by atoms with Crippen LogP contribution in [0.2, 0.25) is 0 Å². The van der Waals surface area contributed by atoms with E-state index in [1.54, 1.807) is 0 Å². The molecule has 21 heavy (non-hydrogen) atoms. The molecule has 2 rings (SSSR count). The van der Waals surface area contributed by atoms with Crippen LogP contribution in [0, 0.1) is 5.82 Å². The summed E-state index contributed by atoms with van der Waals surface area (Å²) in [6.45, 7) is 1.09. The van der Waals surface area contributed by atoms with Gasteiger partial charge in [0, 0.05) is 18.7 Å². The summed E-state index contributed by atoms with van der Waals surface area (Å²) in [6.07, 6.45) is 0.705. The van der Waals surface area contributed by atoms with Gasteiger partial charge in [-0.1, -0.05) is 0 Å². The molecule has 3 N–H and O–H groups in total. The summed E-state index contributed by atoms with van der Waals surface area (Å²) in [5.41, 5.74) is 5.10. The summed E-state index contributed by atoms with van der Waals surface area (Å²) in [4.78, 5) is 25.0. The fourth-order valence-corrected chi connectivity index (χ4v) is 2.39. The van der Waals surface area contributed by atoms with Crippen molar-refractivity contribution >= 4 is 11.8 Å². The zero-order chi connectivity index (χ0) is 15.4. The lowest BCUT2D eigenvalue weighted by atomic mass is 10.1. The first-order valence-electron chi connectivity index (χ1n) is 6.66. The van der Waals surface area contributed by atoms with Crippen LogP contribution in [0.3, 0.4) is 0 Å². The summed E-state index contributed by atoms with van der Waals surface area (Å²) in [5, 5.41) is 3.11. The minimum Gasteiger partial charge on any atom is -0.497 e. The SMILES string of the molecule is COc1ccc(C(=O)N(CC(N)=O)C2CCNC2)c(F)c1. The number of carbonyl (C=O) groups is 2. The summed E-state index contributed by atoms with van der Waals surface area (Å²) in [7, 11) is 1.42. The van der Waals surface area contributed by atoms with Crippen molar-refractivity contribution in [1.82, 2.24) is 10.2 Å². The maximum atomic E-state index is 14.0. The number of rotatable bonds is 5. The molecule has 0 radical (unpaired) electrons. The summed E-state index contributed by atoms with van der Waals surface area (Å²) >= 11 is 0. The van der Waals surface area contributed by atoms with Crippen molar-refractivity contribution in [2.24, 2.45) is 5.73 Å². The summed E-state index contributed by atoms with van der Waals surface area (Å²) in [6, 6.07) is 3.84. The normalized spacial score (nSPS) is 17.5. The zero-order valence-corrected chi connectivity index (χ0v) is 11.8. The molecule has 1 saturated heterocycles. The highest BCUT2D eigenvalue weighted by molar-refractivity contribution is 5.97. The van der Waals surface area contributed by atoms with Crippen LogP contribution >= 0.6 is 0 Å². The van der Waals surface area contributed by atoms with Crippen LogP contribution in [0.1, 0.15) is 16.8 Å². The standard InChI is InChI=1S/C14H18FN3O3/c1-21-10-2-3-11(12(15)6-10)14(20)18(8-13(16)19)9-4-5-17-7-9/h2-3,6,9,17H,4-5,7-8H2,1H3,(H2,16,19). The predicted molar refractivity (Wildman–Crippen MR) is 74.5 cm³/mol. The number of nitrogens with one attached hydrogen (secondary N) is 1. The number of ether oxygens (including phenoxy) is 1. The molecule has 1 aromatic rings. The average Bonchev–Trinajstić information content (AvgIpc) is 2.97. The Balaban J connectivity index is 2.26. The van der Waals surface area contributed by atoms with Gasteiger partial charge >= 0.3 is 0 Å². The van der Waals surface area contributed by atoms with Gasteiger partial charge in [-0.2, -0.15) is 0 Å². The van der Waals surface area contributed by atoms with E-state index >= 15 is 0 Å². The fraction of sp³-hybridized carbons (Fsp3) is 0.429. The Morgan fingerprint density at radius 2 is 2.29 bits per heavy atom. The third kappa shape index (κ3) is 3.49. The second-order valence-corrected chi connectivity index (χ2v) is 4.89. The molecule has 0 saturated carbocycles. The monoisotopic (exact) mass is 295 g/mol. The van der Waals surface area contributed by atoms with Crippen LogP contribution in [-0.4, -0.2) is 49.5 Å². The van der Waals surface area contributed by atoms with E-state index < -0.39 is 17.6 Å². The lowest BCUT2D eigenvalue weighted by molar-refractivity contribution is -0.119. The molecule has 0 aliphatic carbocycles. The maximum Gasteiger partial charge on any atom is 0.257 e. The number of hydrogen-bond acceptors (Lipinski definition) is 4. The first kappa shape index (κ1) is 15.2. The van der Waals surface area contributed by atoms with E-state index in [1.165, 1.54) is 24.1 Å². The van der Waals surface area contributed by atoms with Crippen molar-refractivity contribution in [2.45, 2.75) is 12.5 Å². The van der Waals surface area contributed by atoms with E-state index in [4.69, 9.17) is 10.5 Å². The molecule has 1 fully saturated rings. The Labute approximate surface area is 122 Å². The molecule has 1 aliphatic rings. The van der Waals surface area contributed by atoms with Crippen LogP contribution in [0.5, 0.6) is 5.75 Å². The van der Waals surface area contributed by atoms with Crippen molar-refractivity contribution in [3.8, 4) is 5.75 Å². The molecule has 0 spiro atoms. The van der Waals surface area contributed by atoms with Crippen LogP contribution < -0.4 is 15.8 Å². The summed E-state index contributed by atoms with van der Waals surface area (Å²) in [5.74, 6) is -1.51. The molecule has 7 heteroatoms. The molecule has 2 amide bonds. The van der Waals surface area contributed by atoms with Crippen LogP contribution in [0.15, 0.2) is 18.2 Å². The van der Waals surface area contributed by atoms with Gasteiger partial charge in [-0.25, -0.2) is 4.39 Å². The third-order valence-electron chi connectivity index (χ3n) is 3.47. The van der Waals surface area contributed by atoms with Crippen molar-refractivity contribution in [1.29, 1.82) is 0 Å². The number of methoxy groups -OCH3 is 1. The largest absolute Gasteiger partial charge is 0.497 e. The molecule has 1 unspecified atom stereocenters. The van der Waals surface area contributed by atoms with Gasteiger partial charge in [-0.3, -0.25) is 9.59 Å². The van der Waals surface area contributed by atoms with Crippen molar-refractivity contribution in [3.63, 3.8) is 0 Å². The van der Waals surface area contributed by atoms with E-state index in [2.05, 4.69) is 5.32 Å². The average molecular weight is 295 g/mol. The molecule has 1 atom stereocenters. The maximum absolute atomic E-state index is 14.0. The second kappa shape index (κ2) is 6.53. The first-order chi connectivity index (χ1) is 10.0. The molecule has 1 aliphatic heterocycles. The number of amides is 2. The Morgan fingerprint density at radius 3 is 2.81 bits per heavy atom. The van der Waals surface area contributed by atoms with Gasteiger partial charge in [-0.15, -0.1) is 0 Å². The van der Waals surface area contributed by atoms with Gasteiger partial charge in [0.25, 0.3) is 5.91 Å². The van der Waals surface area contributed by atoms with E-state index in [-0.39, 0.29) is 18.2 Å². The molecule has 1 aromatic carbocycles. The number of benzene rings is 1. The highest BCUT2D eigenvalue weighted by Crippen LogP contribution is 2.20. The van der Waals surface area contributed by atoms with Gasteiger partial charge in [0.1, 0.15) is 11.6 Å². The van der Waals surface area contributed by atoms with Gasteiger partial charge in [0.05, 0.1) is 19.2 Å². The Hall–Kier alpha value is -2.15. The molecule has 114 valence electrons. The van der Waals surface area contributed by atoms with E-state index in [1.807, 2.05) is 0 Å². The fourth-order valence-electron chi connectivity index (χ4n) is 2.39. The molecule has 0 aromatic heterocycles. The minimum absolute atomic E-state index is 0.0936. The number of nitrogens with zero attached hydrogens (tertiary/aromatic N) is 1. The van der Waals surface area contributed by atoms with Crippen LogP contribution in [0.4, 0.5) is 4.39 Å². The molecular weight excluding hydrogens is 277 g/mol. The number of primary amides is 1. The van der Waals surface area contributed by atoms with E-state index in [9.17, 15) is 14.0 Å². The number of hydrogen-bond donors (Lipinski definition) is 2. The molecule has 1 heterocycles. The van der Waals surface area contributed by atoms with Crippen molar-refractivity contribution in [2.75, 3.05) is 26.7 Å². The van der Waals surface area contributed by atoms with Gasteiger partial charge in [0.15, 0.2) is 0 Å². The van der Waals surface area contributed by atoms with Gasteiger partial charge in [0.2, 0.25) is 5.91 Å². The molecule has 0 bridgehead atoms. The van der Waals surface area contributed by atoms with Gasteiger partial charge < -0.3 is 20.7 Å². The topological polar surface area (TPSA) is 84.7 Å². The second-order valence-electron chi connectivity index (χ2n) is 4.89. The smallest absolute Gasteiger partial charge is 0.257 e. The van der Waals surface area contributed by atoms with Gasteiger partial charge in [-0.05, 0) is 25.1 Å². The lowest BCUT2D eigenvalue weighted by Crippen LogP contribution is -2.46. The van der Waals surface area contributed by atoms with Crippen molar-refractivity contribution in [3.05, 3.63) is 29.6 Å². The first-order valence-corrected chi connectivity index (χ1v) is 6.66. The zero-order valence-electron chi connectivity index (χ0n) is 11.8. The van der Waals surface area contributed by atoms with E-state index in [0.717, 1.165) is 12.6 Å². The van der Waals surface area contributed by atoms with Crippen molar-refractivity contribution < 1.29 is 18.7 Å². The predicted octanol–water partition coefficient (Wildman–Crippen LogP) is 0.124. The number of carbonyl (C=O) groups excluding carboxylic acids is 2. The summed E-state index contributed by atoms with van der Waals surface area (Å²) < 4.78 is 18.9. The number of nitrogens with two attached hydrogens (primary N) is 1. The third-order valence-corrected chi connectivity index (χ3v) is 3.47. The van der Waals surface area contributed by atoms with E-state index in [0.29, 0.717) is 18.7 Å². The van der Waals surface area contributed by atoms with Crippen LogP contribution in [0.25, 0.3) is 0 Å². The highest BCUT2D eigenvalue weighted by Gasteiger charge is 2.29. The molecule has 6 nitrogen and oxygen atoms in total. The lowest BCUT2D eigenvalue weighted by Gasteiger charge is -2.27. The highest BCUT2D eigenvalue weighted by atomic mass is 19.1. The Bertz CT molecular complexity index is 544. The Kier molecular flexibility index (Phi) is 4.74. The quantitative estimate of drug-likeness (QED) is 0.808.